The van der Waals surface area contributed by atoms with E-state index in [4.69, 9.17) is 26.4 Å². The van der Waals surface area contributed by atoms with Gasteiger partial charge in [0.1, 0.15) is 11.4 Å². The van der Waals surface area contributed by atoms with Crippen LogP contribution in [0.3, 0.4) is 0 Å². The van der Waals surface area contributed by atoms with E-state index in [0.717, 1.165) is 33.9 Å². The van der Waals surface area contributed by atoms with Crippen molar-refractivity contribution in [3.8, 4) is 17.2 Å². The minimum absolute atomic E-state index is 0.145. The molecule has 0 spiro atoms. The van der Waals surface area contributed by atoms with Crippen molar-refractivity contribution in [1.82, 2.24) is 10.2 Å². The number of nitrogens with one attached hydrogen (secondary N) is 1. The highest BCUT2D eigenvalue weighted by Gasteiger charge is 2.30. The topological polar surface area (TPSA) is 60.0 Å². The molecule has 1 N–H and O–H groups in total. The summed E-state index contributed by atoms with van der Waals surface area (Å²) in [7, 11) is 1.66. The van der Waals surface area contributed by atoms with Crippen LogP contribution in [0.1, 0.15) is 30.5 Å². The molecule has 1 aliphatic heterocycles. The number of amides is 1. The first-order valence-corrected chi connectivity index (χ1v) is 14.0. The van der Waals surface area contributed by atoms with Gasteiger partial charge < -0.3 is 19.5 Å². The van der Waals surface area contributed by atoms with Gasteiger partial charge in [0.15, 0.2) is 16.6 Å². The molecule has 6 nitrogen and oxygen atoms in total. The summed E-state index contributed by atoms with van der Waals surface area (Å²) in [5, 5.41) is 3.48. The highest BCUT2D eigenvalue weighted by atomic mass is 32.2. The monoisotopic (exact) mass is 548 g/mol. The molecule has 198 valence electrons. The zero-order valence-electron chi connectivity index (χ0n) is 21.9. The third-order valence-corrected chi connectivity index (χ3v) is 7.34. The second kappa shape index (κ2) is 13.3. The molecule has 1 amide bonds. The van der Waals surface area contributed by atoms with Crippen molar-refractivity contribution in [2.45, 2.75) is 30.9 Å². The molecule has 0 aromatic heterocycles. The molecule has 0 radical (unpaired) electrons. The van der Waals surface area contributed by atoms with E-state index in [1.807, 2.05) is 74.5 Å². The smallest absolute Gasteiger partial charge is 0.276 e. The van der Waals surface area contributed by atoms with Crippen LogP contribution in [-0.4, -0.2) is 42.8 Å². The number of carbonyl (C=O) groups excluding carboxylic acids is 1. The maximum Gasteiger partial charge on any atom is 0.276 e. The van der Waals surface area contributed by atoms with Gasteiger partial charge in [0.2, 0.25) is 0 Å². The fraction of sp³-hybridized carbons (Fsp3) is 0.267. The van der Waals surface area contributed by atoms with E-state index in [0.29, 0.717) is 42.7 Å². The first kappa shape index (κ1) is 27.5. The SMILES string of the molecule is CCOc1ccc(CCN2C(=O)/C(=C\c3ccc(CSc4ccccc4)c(OC)c3)NC2=S)cc1OCC. The van der Waals surface area contributed by atoms with Crippen LogP contribution in [0.4, 0.5) is 0 Å². The van der Waals surface area contributed by atoms with Gasteiger partial charge in [-0.1, -0.05) is 36.4 Å². The van der Waals surface area contributed by atoms with Gasteiger partial charge in [-0.25, -0.2) is 0 Å². The van der Waals surface area contributed by atoms with Crippen LogP contribution in [-0.2, 0) is 17.0 Å². The van der Waals surface area contributed by atoms with Gasteiger partial charge in [0, 0.05) is 22.8 Å². The van der Waals surface area contributed by atoms with Crippen LogP contribution >= 0.6 is 24.0 Å². The van der Waals surface area contributed by atoms with E-state index < -0.39 is 0 Å². The minimum atomic E-state index is -0.145. The lowest BCUT2D eigenvalue weighted by atomic mass is 10.1. The van der Waals surface area contributed by atoms with E-state index in [1.165, 1.54) is 4.90 Å². The molecule has 3 aromatic rings. The van der Waals surface area contributed by atoms with Crippen LogP contribution in [0.2, 0.25) is 0 Å². The standard InChI is InChI=1S/C30H32N2O4S2/c1-4-35-26-14-12-21(18-28(26)36-5-2)15-16-32-29(33)25(31-30(32)37)17-22-11-13-23(27(19-22)34-3)20-38-24-9-7-6-8-10-24/h6-14,17-19H,4-5,15-16,20H2,1-3H3,(H,31,37)/b25-17+. The Morgan fingerprint density at radius 3 is 2.45 bits per heavy atom. The summed E-state index contributed by atoms with van der Waals surface area (Å²) in [4.78, 5) is 16.0. The molecule has 8 heteroatoms. The van der Waals surface area contributed by atoms with E-state index in [2.05, 4.69) is 17.4 Å². The quantitative estimate of drug-likeness (QED) is 0.167. The van der Waals surface area contributed by atoms with Gasteiger partial charge in [-0.2, -0.15) is 0 Å². The Morgan fingerprint density at radius 1 is 0.947 bits per heavy atom. The van der Waals surface area contributed by atoms with Crippen molar-refractivity contribution < 1.29 is 19.0 Å². The number of methoxy groups -OCH3 is 1. The van der Waals surface area contributed by atoms with Gasteiger partial charge >= 0.3 is 0 Å². The van der Waals surface area contributed by atoms with Crippen LogP contribution in [0, 0.1) is 0 Å². The molecular formula is C30H32N2O4S2. The Morgan fingerprint density at radius 2 is 1.71 bits per heavy atom. The Kier molecular flexibility index (Phi) is 9.67. The largest absolute Gasteiger partial charge is 0.496 e. The number of ether oxygens (including phenoxy) is 3. The maximum absolute atomic E-state index is 13.2. The zero-order chi connectivity index (χ0) is 26.9. The summed E-state index contributed by atoms with van der Waals surface area (Å²) in [6.45, 7) is 5.46. The molecular weight excluding hydrogens is 516 g/mol. The summed E-state index contributed by atoms with van der Waals surface area (Å²) < 4.78 is 17.0. The molecule has 0 aliphatic carbocycles. The highest BCUT2D eigenvalue weighted by Crippen LogP contribution is 2.30. The number of hydrogen-bond acceptors (Lipinski definition) is 6. The molecule has 1 aliphatic rings. The second-order valence-corrected chi connectivity index (χ2v) is 9.95. The number of rotatable bonds is 12. The van der Waals surface area contributed by atoms with Crippen LogP contribution < -0.4 is 19.5 Å². The van der Waals surface area contributed by atoms with E-state index in [-0.39, 0.29) is 5.91 Å². The molecule has 1 heterocycles. The summed E-state index contributed by atoms with van der Waals surface area (Å²) in [6, 6.07) is 22.1. The lowest BCUT2D eigenvalue weighted by Crippen LogP contribution is -2.32. The van der Waals surface area contributed by atoms with Crippen molar-refractivity contribution >= 4 is 41.1 Å². The Balaban J connectivity index is 1.42. The lowest BCUT2D eigenvalue weighted by Gasteiger charge is -2.16. The van der Waals surface area contributed by atoms with Crippen molar-refractivity contribution in [3.63, 3.8) is 0 Å². The fourth-order valence-electron chi connectivity index (χ4n) is 4.08. The van der Waals surface area contributed by atoms with Gasteiger partial charge in [-0.05, 0) is 80.0 Å². The van der Waals surface area contributed by atoms with Gasteiger partial charge in [0.05, 0.1) is 20.3 Å². The first-order chi connectivity index (χ1) is 18.5. The summed E-state index contributed by atoms with van der Waals surface area (Å²) in [5.41, 5.74) is 3.45. The average molecular weight is 549 g/mol. The van der Waals surface area contributed by atoms with Crippen molar-refractivity contribution in [1.29, 1.82) is 0 Å². The van der Waals surface area contributed by atoms with Crippen molar-refractivity contribution in [2.75, 3.05) is 26.9 Å². The molecule has 3 aromatic carbocycles. The Labute approximate surface area is 234 Å². The number of hydrogen-bond donors (Lipinski definition) is 1. The number of carbonyl (C=O) groups is 1. The average Bonchev–Trinajstić information content (AvgIpc) is 3.20. The molecule has 0 bridgehead atoms. The van der Waals surface area contributed by atoms with Crippen LogP contribution in [0.15, 0.2) is 77.3 Å². The third kappa shape index (κ3) is 6.88. The third-order valence-electron chi connectivity index (χ3n) is 5.95. The molecule has 1 saturated heterocycles. The van der Waals surface area contributed by atoms with E-state index in [9.17, 15) is 4.79 Å². The maximum atomic E-state index is 13.2. The molecule has 0 unspecified atom stereocenters. The van der Waals surface area contributed by atoms with Gasteiger partial charge in [-0.15, -0.1) is 11.8 Å². The second-order valence-electron chi connectivity index (χ2n) is 8.52. The van der Waals surface area contributed by atoms with Crippen molar-refractivity contribution in [2.24, 2.45) is 0 Å². The number of benzene rings is 3. The Bertz CT molecular complexity index is 1310. The molecule has 38 heavy (non-hydrogen) atoms. The Hall–Kier alpha value is -3.49. The van der Waals surface area contributed by atoms with Crippen LogP contribution in [0.5, 0.6) is 17.2 Å². The highest BCUT2D eigenvalue weighted by molar-refractivity contribution is 7.98. The van der Waals surface area contributed by atoms with Gasteiger partial charge in [-0.3, -0.25) is 9.69 Å². The lowest BCUT2D eigenvalue weighted by molar-refractivity contribution is -0.122. The molecule has 0 saturated carbocycles. The summed E-state index contributed by atoms with van der Waals surface area (Å²) >= 11 is 7.23. The number of thiocarbonyl (C=S) groups is 1. The number of nitrogens with zero attached hydrogens (tertiary/aromatic N) is 1. The fourth-order valence-corrected chi connectivity index (χ4v) is 5.28. The number of thioether (sulfide) groups is 1. The first-order valence-electron chi connectivity index (χ1n) is 12.6. The minimum Gasteiger partial charge on any atom is -0.496 e. The van der Waals surface area contributed by atoms with Gasteiger partial charge in [0.25, 0.3) is 5.91 Å². The van der Waals surface area contributed by atoms with Crippen molar-refractivity contribution in [3.05, 3.63) is 89.1 Å². The predicted molar refractivity (Wildman–Crippen MR) is 157 cm³/mol. The normalized spacial score (nSPS) is 14.1. The molecule has 1 fully saturated rings. The summed E-state index contributed by atoms with van der Waals surface area (Å²) in [6.07, 6.45) is 2.45. The van der Waals surface area contributed by atoms with E-state index >= 15 is 0 Å². The van der Waals surface area contributed by atoms with E-state index in [1.54, 1.807) is 23.8 Å². The predicted octanol–water partition coefficient (Wildman–Crippen LogP) is 6.09. The summed E-state index contributed by atoms with van der Waals surface area (Å²) in [5.74, 6) is 2.86. The molecule has 0 atom stereocenters. The molecule has 4 rings (SSSR count). The van der Waals surface area contributed by atoms with Crippen LogP contribution in [0.25, 0.3) is 6.08 Å². The zero-order valence-corrected chi connectivity index (χ0v) is 23.5.